The van der Waals surface area contributed by atoms with Gasteiger partial charge in [-0.25, -0.2) is 8.42 Å². The molecule has 1 amide bonds. The third-order valence-corrected chi connectivity index (χ3v) is 7.31. The van der Waals surface area contributed by atoms with Gasteiger partial charge in [-0.1, -0.05) is 11.6 Å². The van der Waals surface area contributed by atoms with Crippen LogP contribution in [0.3, 0.4) is 0 Å². The summed E-state index contributed by atoms with van der Waals surface area (Å²) in [6, 6.07) is 1.42. The summed E-state index contributed by atoms with van der Waals surface area (Å²) < 4.78 is 26.7. The van der Waals surface area contributed by atoms with Crippen molar-refractivity contribution in [1.29, 1.82) is 0 Å². The molecule has 1 N–H and O–H groups in total. The van der Waals surface area contributed by atoms with Crippen LogP contribution in [0.1, 0.15) is 6.42 Å². The third-order valence-electron chi connectivity index (χ3n) is 2.49. The molecule has 0 radical (unpaired) electrons. The summed E-state index contributed by atoms with van der Waals surface area (Å²) in [7, 11) is -3.57. The van der Waals surface area contributed by atoms with E-state index in [1.165, 1.54) is 10.4 Å². The van der Waals surface area contributed by atoms with Crippen LogP contribution in [0.5, 0.6) is 0 Å². The van der Waals surface area contributed by atoms with Crippen molar-refractivity contribution in [3.63, 3.8) is 0 Å². The van der Waals surface area contributed by atoms with Crippen LogP contribution in [-0.4, -0.2) is 38.3 Å². The van der Waals surface area contributed by atoms with Crippen LogP contribution >= 0.6 is 38.9 Å². The zero-order chi connectivity index (χ0) is 13.3. The van der Waals surface area contributed by atoms with Gasteiger partial charge in [0.05, 0.1) is 8.81 Å². The van der Waals surface area contributed by atoms with Crippen LogP contribution in [0, 0.1) is 0 Å². The van der Waals surface area contributed by atoms with Crippen LogP contribution in [0.4, 0.5) is 0 Å². The number of hydrogen-bond acceptors (Lipinski definition) is 4. The summed E-state index contributed by atoms with van der Waals surface area (Å²) in [5.74, 6) is -0.127. The van der Waals surface area contributed by atoms with Crippen molar-refractivity contribution >= 4 is 54.8 Å². The summed E-state index contributed by atoms with van der Waals surface area (Å²) in [5, 5.41) is 3.02. The number of nitrogens with one attached hydrogen (secondary N) is 1. The predicted octanol–water partition coefficient (Wildman–Crippen LogP) is 1.67. The molecule has 0 unspecified atom stereocenters. The van der Waals surface area contributed by atoms with Gasteiger partial charge in [-0.2, -0.15) is 4.31 Å². The number of carbonyl (C=O) groups excluding carboxylic acids is 1. The molecule has 1 saturated heterocycles. The number of sulfonamides is 1. The molecule has 0 aromatic carbocycles. The minimum Gasteiger partial charge on any atom is -0.355 e. The Morgan fingerprint density at radius 1 is 1.44 bits per heavy atom. The van der Waals surface area contributed by atoms with Gasteiger partial charge in [0.2, 0.25) is 5.91 Å². The molecular formula is C9H10BrClN2O3S2. The first kappa shape index (κ1) is 14.3. The summed E-state index contributed by atoms with van der Waals surface area (Å²) in [4.78, 5) is 11.2. The number of nitrogens with zero attached hydrogens (tertiary/aromatic N) is 1. The van der Waals surface area contributed by atoms with Gasteiger partial charge >= 0.3 is 0 Å². The summed E-state index contributed by atoms with van der Waals surface area (Å²) >= 11 is 10.1. The molecular weight excluding hydrogens is 364 g/mol. The topological polar surface area (TPSA) is 66.5 Å². The third kappa shape index (κ3) is 2.88. The smallest absolute Gasteiger partial charge is 0.252 e. The Morgan fingerprint density at radius 3 is 2.78 bits per heavy atom. The van der Waals surface area contributed by atoms with E-state index in [2.05, 4.69) is 21.2 Å². The lowest BCUT2D eigenvalue weighted by Crippen LogP contribution is -2.33. The molecule has 0 saturated carbocycles. The van der Waals surface area contributed by atoms with E-state index in [0.717, 1.165) is 11.3 Å². The molecule has 100 valence electrons. The van der Waals surface area contributed by atoms with Crippen molar-refractivity contribution < 1.29 is 13.2 Å². The predicted molar refractivity (Wildman–Crippen MR) is 73.4 cm³/mol. The van der Waals surface area contributed by atoms with E-state index in [-0.39, 0.29) is 29.6 Å². The van der Waals surface area contributed by atoms with Crippen molar-refractivity contribution in [1.82, 2.24) is 9.62 Å². The first-order valence-corrected chi connectivity index (χ1v) is 8.55. The SMILES string of the molecule is O=C1CCN(S(=O)(=O)c2cc(Cl)c(Br)s2)CCN1. The van der Waals surface area contributed by atoms with Crippen molar-refractivity contribution in [2.75, 3.05) is 19.6 Å². The first-order chi connectivity index (χ1) is 8.41. The number of hydrogen-bond donors (Lipinski definition) is 1. The lowest BCUT2D eigenvalue weighted by atomic mass is 10.4. The van der Waals surface area contributed by atoms with Crippen LogP contribution in [0.15, 0.2) is 14.1 Å². The summed E-state index contributed by atoms with van der Waals surface area (Å²) in [6.45, 7) is 0.806. The molecule has 2 heterocycles. The molecule has 0 aliphatic carbocycles. The molecule has 9 heteroatoms. The molecule has 2 rings (SSSR count). The molecule has 1 aromatic rings. The lowest BCUT2D eigenvalue weighted by molar-refractivity contribution is -0.120. The highest BCUT2D eigenvalue weighted by Crippen LogP contribution is 2.35. The number of carbonyl (C=O) groups is 1. The fourth-order valence-corrected chi connectivity index (χ4v) is 5.56. The highest BCUT2D eigenvalue weighted by atomic mass is 79.9. The fraction of sp³-hybridized carbons (Fsp3) is 0.444. The Kier molecular flexibility index (Phi) is 4.32. The Bertz CT molecular complexity index is 553. The van der Waals surface area contributed by atoms with Gasteiger partial charge in [0.25, 0.3) is 10.0 Å². The minimum absolute atomic E-state index is 0.127. The molecule has 0 atom stereocenters. The molecule has 0 spiro atoms. The van der Waals surface area contributed by atoms with E-state index in [1.54, 1.807) is 0 Å². The number of amides is 1. The molecule has 1 aliphatic rings. The van der Waals surface area contributed by atoms with Crippen LogP contribution in [-0.2, 0) is 14.8 Å². The highest BCUT2D eigenvalue weighted by molar-refractivity contribution is 9.11. The molecule has 5 nitrogen and oxygen atoms in total. The number of halogens is 2. The van der Waals surface area contributed by atoms with Crippen molar-refractivity contribution in [2.24, 2.45) is 0 Å². The fourth-order valence-electron chi connectivity index (χ4n) is 1.57. The van der Waals surface area contributed by atoms with E-state index in [0.29, 0.717) is 15.4 Å². The highest BCUT2D eigenvalue weighted by Gasteiger charge is 2.28. The number of rotatable bonds is 2. The maximum Gasteiger partial charge on any atom is 0.252 e. The van der Waals surface area contributed by atoms with E-state index in [9.17, 15) is 13.2 Å². The Balaban J connectivity index is 2.27. The normalized spacial score (nSPS) is 18.4. The summed E-state index contributed by atoms with van der Waals surface area (Å²) in [6.07, 6.45) is 0.180. The minimum atomic E-state index is -3.57. The Hall–Kier alpha value is -0.150. The molecule has 0 bridgehead atoms. The second kappa shape index (κ2) is 5.46. The second-order valence-corrected chi connectivity index (χ2v) is 8.63. The molecule has 1 fully saturated rings. The average molecular weight is 374 g/mol. The van der Waals surface area contributed by atoms with Gasteiger partial charge in [0, 0.05) is 26.1 Å². The zero-order valence-electron chi connectivity index (χ0n) is 9.15. The van der Waals surface area contributed by atoms with Crippen LogP contribution in [0.2, 0.25) is 5.02 Å². The Labute approximate surface area is 122 Å². The van der Waals surface area contributed by atoms with Crippen LogP contribution in [0.25, 0.3) is 0 Å². The van der Waals surface area contributed by atoms with Crippen molar-refractivity contribution in [3.05, 3.63) is 14.9 Å². The van der Waals surface area contributed by atoms with Crippen molar-refractivity contribution in [2.45, 2.75) is 10.6 Å². The van der Waals surface area contributed by atoms with Crippen molar-refractivity contribution in [3.8, 4) is 0 Å². The summed E-state index contributed by atoms with van der Waals surface area (Å²) in [5.41, 5.74) is 0. The maximum atomic E-state index is 12.3. The quantitative estimate of drug-likeness (QED) is 0.857. The molecule has 18 heavy (non-hydrogen) atoms. The molecule has 1 aromatic heterocycles. The standard InChI is InChI=1S/C9H10BrClN2O3S2/c10-9-6(11)5-8(17-9)18(15,16)13-3-1-7(14)12-2-4-13/h5H,1-4H2,(H,12,14). The largest absolute Gasteiger partial charge is 0.355 e. The van der Waals surface area contributed by atoms with Gasteiger partial charge in [-0.3, -0.25) is 4.79 Å². The van der Waals surface area contributed by atoms with Gasteiger partial charge in [-0.15, -0.1) is 11.3 Å². The van der Waals surface area contributed by atoms with E-state index in [1.807, 2.05) is 0 Å². The Morgan fingerprint density at radius 2 is 2.17 bits per heavy atom. The van der Waals surface area contributed by atoms with Gasteiger partial charge in [0.15, 0.2) is 0 Å². The first-order valence-electron chi connectivity index (χ1n) is 5.13. The average Bonchev–Trinajstić information content (AvgIpc) is 2.52. The number of thiophene rings is 1. The van der Waals surface area contributed by atoms with Crippen LogP contribution < -0.4 is 5.32 Å². The monoisotopic (exact) mass is 372 g/mol. The van der Waals surface area contributed by atoms with Gasteiger partial charge < -0.3 is 5.32 Å². The van der Waals surface area contributed by atoms with Gasteiger partial charge in [-0.05, 0) is 22.0 Å². The van der Waals surface area contributed by atoms with E-state index >= 15 is 0 Å². The second-order valence-electron chi connectivity index (χ2n) is 3.69. The van der Waals surface area contributed by atoms with Gasteiger partial charge in [0.1, 0.15) is 4.21 Å². The van der Waals surface area contributed by atoms with E-state index < -0.39 is 10.0 Å². The lowest BCUT2D eigenvalue weighted by Gasteiger charge is -2.17. The maximum absolute atomic E-state index is 12.3. The zero-order valence-corrected chi connectivity index (χ0v) is 13.1. The molecule has 1 aliphatic heterocycles. The van der Waals surface area contributed by atoms with E-state index in [4.69, 9.17) is 11.6 Å².